The average molecular weight is 400 g/mol. The van der Waals surface area contributed by atoms with Gasteiger partial charge in [0.05, 0.1) is 0 Å². The molecule has 0 radical (unpaired) electrons. The number of phenols is 2. The van der Waals surface area contributed by atoms with Gasteiger partial charge >= 0.3 is 5.97 Å². The van der Waals surface area contributed by atoms with Crippen LogP contribution < -0.4 is 4.74 Å². The van der Waals surface area contributed by atoms with Crippen LogP contribution >= 0.6 is 0 Å². The highest BCUT2D eigenvalue weighted by Gasteiger charge is 2.37. The summed E-state index contributed by atoms with van der Waals surface area (Å²) in [5, 5.41) is 39.2. The summed E-state index contributed by atoms with van der Waals surface area (Å²) in [4.78, 5) is 11.0. The molecule has 3 rings (SSSR count). The summed E-state index contributed by atoms with van der Waals surface area (Å²) in [7, 11) is 0. The Kier molecular flexibility index (Phi) is 5.26. The van der Waals surface area contributed by atoms with Crippen molar-refractivity contribution < 1.29 is 30.0 Å². The highest BCUT2D eigenvalue weighted by atomic mass is 16.5. The van der Waals surface area contributed by atoms with Gasteiger partial charge in [0, 0.05) is 12.1 Å². The van der Waals surface area contributed by atoms with E-state index in [1.165, 1.54) is 11.1 Å². The van der Waals surface area contributed by atoms with Gasteiger partial charge in [-0.2, -0.15) is 0 Å². The lowest BCUT2D eigenvalue weighted by molar-refractivity contribution is 0.0689. The number of carbonyl (C=O) groups is 1. The number of aliphatic hydroxyl groups is 1. The van der Waals surface area contributed by atoms with Crippen molar-refractivity contribution in [2.45, 2.75) is 57.5 Å². The molecule has 1 aliphatic carbocycles. The van der Waals surface area contributed by atoms with Gasteiger partial charge in [0.2, 0.25) is 0 Å². The molecule has 6 heteroatoms. The van der Waals surface area contributed by atoms with Gasteiger partial charge in [-0.1, -0.05) is 45.9 Å². The number of hydrogen-bond acceptors (Lipinski definition) is 5. The van der Waals surface area contributed by atoms with Gasteiger partial charge in [-0.25, -0.2) is 4.79 Å². The van der Waals surface area contributed by atoms with Crippen LogP contribution in [0.25, 0.3) is 0 Å². The fourth-order valence-electron chi connectivity index (χ4n) is 3.97. The first-order valence-electron chi connectivity index (χ1n) is 9.67. The monoisotopic (exact) mass is 400 g/mol. The molecule has 0 spiro atoms. The molecule has 0 aliphatic heterocycles. The van der Waals surface area contributed by atoms with Crippen molar-refractivity contribution in [1.29, 1.82) is 0 Å². The molecule has 0 bridgehead atoms. The van der Waals surface area contributed by atoms with Crippen molar-refractivity contribution in [1.82, 2.24) is 0 Å². The van der Waals surface area contributed by atoms with Crippen molar-refractivity contribution >= 4 is 5.97 Å². The predicted molar refractivity (Wildman–Crippen MR) is 109 cm³/mol. The number of rotatable bonds is 5. The Morgan fingerprint density at radius 3 is 2.10 bits per heavy atom. The zero-order valence-corrected chi connectivity index (χ0v) is 17.2. The Hall–Kier alpha value is -2.73. The van der Waals surface area contributed by atoms with Crippen molar-refractivity contribution in [2.24, 2.45) is 0 Å². The second-order valence-electron chi connectivity index (χ2n) is 9.04. The molecule has 0 fully saturated rings. The molecule has 2 aromatic carbocycles. The van der Waals surface area contributed by atoms with Gasteiger partial charge in [0.25, 0.3) is 0 Å². The van der Waals surface area contributed by atoms with Crippen molar-refractivity contribution in [3.63, 3.8) is 0 Å². The first kappa shape index (κ1) is 21.0. The molecule has 156 valence electrons. The average Bonchev–Trinajstić information content (AvgIpc) is 2.62. The lowest BCUT2D eigenvalue weighted by atomic mass is 9.63. The molecule has 1 atom stereocenters. The van der Waals surface area contributed by atoms with E-state index in [0.717, 1.165) is 30.5 Å². The first-order chi connectivity index (χ1) is 13.4. The minimum atomic E-state index is -1.44. The number of aromatic hydroxyl groups is 2. The van der Waals surface area contributed by atoms with Gasteiger partial charge < -0.3 is 25.2 Å². The Balaban J connectivity index is 1.80. The van der Waals surface area contributed by atoms with Gasteiger partial charge in [0.15, 0.2) is 0 Å². The lowest BCUT2D eigenvalue weighted by Gasteiger charge is -2.42. The number of aliphatic hydroxyl groups excluding tert-OH is 1. The number of benzene rings is 2. The van der Waals surface area contributed by atoms with E-state index in [1.807, 2.05) is 12.1 Å². The molecule has 4 N–H and O–H groups in total. The van der Waals surface area contributed by atoms with Crippen LogP contribution in [-0.2, 0) is 10.8 Å². The maximum Gasteiger partial charge on any atom is 0.343 e. The van der Waals surface area contributed by atoms with Crippen LogP contribution in [0.2, 0.25) is 0 Å². The van der Waals surface area contributed by atoms with Crippen LogP contribution in [-0.4, -0.2) is 33.0 Å². The van der Waals surface area contributed by atoms with E-state index in [1.54, 1.807) is 0 Å². The lowest BCUT2D eigenvalue weighted by Crippen LogP contribution is -2.34. The van der Waals surface area contributed by atoms with Gasteiger partial charge in [-0.15, -0.1) is 0 Å². The Morgan fingerprint density at radius 2 is 1.55 bits per heavy atom. The maximum absolute atomic E-state index is 11.0. The maximum atomic E-state index is 11.0. The molecule has 2 aromatic rings. The highest BCUT2D eigenvalue weighted by molar-refractivity contribution is 5.94. The fraction of sp³-hybridized carbons (Fsp3) is 0.435. The summed E-state index contributed by atoms with van der Waals surface area (Å²) < 4.78 is 5.49. The quantitative estimate of drug-likeness (QED) is 0.597. The van der Waals surface area contributed by atoms with E-state index < -0.39 is 29.1 Å². The Labute approximate surface area is 170 Å². The number of fused-ring (bicyclic) bond motifs is 1. The van der Waals surface area contributed by atoms with Gasteiger partial charge in [-0.05, 0) is 40.4 Å². The largest absolute Gasteiger partial charge is 0.507 e. The number of ether oxygens (including phenoxy) is 1. The van der Waals surface area contributed by atoms with E-state index >= 15 is 0 Å². The molecule has 0 aromatic heterocycles. The molecular formula is C23H28O6. The Morgan fingerprint density at radius 1 is 1.00 bits per heavy atom. The normalized spacial score (nSPS) is 18.0. The molecular weight excluding hydrogens is 372 g/mol. The standard InChI is InChI=1S/C23H28O6/c1-22(2)7-8-23(3,4)16-9-13(5-6-15(16)22)19(26)12-29-14-10-17(24)20(21(27)28)18(25)11-14/h5-6,9-11,19,24-26H,7-8,12H2,1-4H3,(H,27,28). The molecule has 29 heavy (non-hydrogen) atoms. The van der Waals surface area contributed by atoms with Crippen LogP contribution in [0.5, 0.6) is 17.2 Å². The Bertz CT molecular complexity index is 921. The molecule has 1 unspecified atom stereocenters. The van der Waals surface area contributed by atoms with E-state index in [-0.39, 0.29) is 23.2 Å². The zero-order valence-electron chi connectivity index (χ0n) is 17.2. The van der Waals surface area contributed by atoms with Crippen LogP contribution in [0.4, 0.5) is 0 Å². The molecule has 0 amide bonds. The summed E-state index contributed by atoms with van der Waals surface area (Å²) >= 11 is 0. The third-order valence-electron chi connectivity index (χ3n) is 5.95. The van der Waals surface area contributed by atoms with E-state index in [9.17, 15) is 20.1 Å². The fourth-order valence-corrected chi connectivity index (χ4v) is 3.97. The molecule has 6 nitrogen and oxygen atoms in total. The number of aromatic carboxylic acids is 1. The number of carboxylic acid groups (broad SMARTS) is 1. The van der Waals surface area contributed by atoms with E-state index in [0.29, 0.717) is 0 Å². The topological polar surface area (TPSA) is 107 Å². The first-order valence-corrected chi connectivity index (χ1v) is 9.67. The SMILES string of the molecule is CC1(C)CCC(C)(C)c2cc(C(O)COc3cc(O)c(C(=O)O)c(O)c3)ccc21. The molecule has 0 saturated carbocycles. The summed E-state index contributed by atoms with van der Waals surface area (Å²) in [5.74, 6) is -2.56. The third-order valence-corrected chi connectivity index (χ3v) is 5.95. The van der Waals surface area contributed by atoms with Crippen molar-refractivity contribution in [3.05, 3.63) is 52.6 Å². The van der Waals surface area contributed by atoms with Crippen molar-refractivity contribution in [2.75, 3.05) is 6.61 Å². The number of carboxylic acids is 1. The van der Waals surface area contributed by atoms with Crippen molar-refractivity contribution in [3.8, 4) is 17.2 Å². The molecule has 0 saturated heterocycles. The van der Waals surface area contributed by atoms with E-state index in [2.05, 4.69) is 33.8 Å². The van der Waals surface area contributed by atoms with Crippen LogP contribution in [0, 0.1) is 0 Å². The molecule has 0 heterocycles. The zero-order chi connectivity index (χ0) is 21.6. The summed E-state index contributed by atoms with van der Waals surface area (Å²) in [5.41, 5.74) is 2.77. The summed E-state index contributed by atoms with van der Waals surface area (Å²) in [6.45, 7) is 8.79. The summed E-state index contributed by atoms with van der Waals surface area (Å²) in [6, 6.07) is 8.22. The van der Waals surface area contributed by atoms with Gasteiger partial charge in [0.1, 0.15) is 35.5 Å². The van der Waals surface area contributed by atoms with E-state index in [4.69, 9.17) is 9.84 Å². The molecule has 1 aliphatic rings. The minimum Gasteiger partial charge on any atom is -0.507 e. The summed E-state index contributed by atoms with van der Waals surface area (Å²) in [6.07, 6.45) is 1.26. The van der Waals surface area contributed by atoms with Crippen LogP contribution in [0.15, 0.2) is 30.3 Å². The highest BCUT2D eigenvalue weighted by Crippen LogP contribution is 2.46. The second-order valence-corrected chi connectivity index (χ2v) is 9.04. The van der Waals surface area contributed by atoms with Gasteiger partial charge in [-0.3, -0.25) is 0 Å². The van der Waals surface area contributed by atoms with Crippen LogP contribution in [0.3, 0.4) is 0 Å². The predicted octanol–water partition coefficient (Wildman–Crippen LogP) is 4.26. The third kappa shape index (κ3) is 4.03. The second kappa shape index (κ2) is 7.26. The van der Waals surface area contributed by atoms with Crippen LogP contribution in [0.1, 0.15) is 73.7 Å². The minimum absolute atomic E-state index is 0.0195. The smallest absolute Gasteiger partial charge is 0.343 e. The number of hydrogen-bond donors (Lipinski definition) is 4.